The number of carbonyl (C=O) groups is 1. The van der Waals surface area contributed by atoms with Crippen molar-refractivity contribution in [2.24, 2.45) is 0 Å². The number of phenolic OH excluding ortho intramolecular Hbond substituents is 1. The molecule has 0 aliphatic rings. The second-order valence-corrected chi connectivity index (χ2v) is 7.61. The van der Waals surface area contributed by atoms with Crippen LogP contribution in [0.4, 0.5) is 11.4 Å². The summed E-state index contributed by atoms with van der Waals surface area (Å²) in [6.07, 6.45) is 0. The van der Waals surface area contributed by atoms with Crippen LogP contribution < -0.4 is 5.32 Å². The van der Waals surface area contributed by atoms with Gasteiger partial charge in [0.2, 0.25) is 5.89 Å². The first-order valence-corrected chi connectivity index (χ1v) is 10.2. The summed E-state index contributed by atoms with van der Waals surface area (Å²) in [5, 5.41) is 24.3. The van der Waals surface area contributed by atoms with Gasteiger partial charge < -0.3 is 19.3 Å². The van der Waals surface area contributed by atoms with Crippen molar-refractivity contribution < 1.29 is 23.7 Å². The summed E-state index contributed by atoms with van der Waals surface area (Å²) in [6.45, 7) is 1.94. The number of benzene rings is 3. The van der Waals surface area contributed by atoms with E-state index in [1.807, 2.05) is 19.1 Å². The Kier molecular flexibility index (Phi) is 5.06. The average Bonchev–Trinajstić information content (AvgIpc) is 3.47. The Labute approximate surface area is 192 Å². The van der Waals surface area contributed by atoms with E-state index in [9.17, 15) is 20.0 Å². The van der Waals surface area contributed by atoms with Crippen molar-refractivity contribution in [2.45, 2.75) is 6.92 Å². The van der Waals surface area contributed by atoms with Crippen molar-refractivity contribution >= 4 is 28.4 Å². The Bertz CT molecular complexity index is 1570. The molecular weight excluding hydrogens is 438 g/mol. The lowest BCUT2D eigenvalue weighted by atomic mass is 10.1. The number of hydrogen-bond acceptors (Lipinski definition) is 7. The second-order valence-electron chi connectivity index (χ2n) is 7.61. The lowest BCUT2D eigenvalue weighted by molar-refractivity contribution is -0.384. The van der Waals surface area contributed by atoms with E-state index in [4.69, 9.17) is 8.83 Å². The van der Waals surface area contributed by atoms with E-state index < -0.39 is 10.8 Å². The molecule has 0 unspecified atom stereocenters. The summed E-state index contributed by atoms with van der Waals surface area (Å²) in [5.41, 5.74) is 3.09. The van der Waals surface area contributed by atoms with E-state index in [1.54, 1.807) is 24.3 Å². The number of nitrogens with zero attached hydrogens (tertiary/aromatic N) is 2. The van der Waals surface area contributed by atoms with Gasteiger partial charge in [0.25, 0.3) is 11.6 Å². The van der Waals surface area contributed by atoms with E-state index in [0.29, 0.717) is 22.4 Å². The van der Waals surface area contributed by atoms with Gasteiger partial charge in [-0.25, -0.2) is 4.98 Å². The maximum Gasteiger partial charge on any atom is 0.291 e. The van der Waals surface area contributed by atoms with Gasteiger partial charge in [-0.15, -0.1) is 0 Å². The van der Waals surface area contributed by atoms with Gasteiger partial charge in [-0.1, -0.05) is 18.2 Å². The highest BCUT2D eigenvalue weighted by molar-refractivity contribution is 6.03. The van der Waals surface area contributed by atoms with Gasteiger partial charge in [-0.3, -0.25) is 14.9 Å². The molecule has 0 saturated heterocycles. The summed E-state index contributed by atoms with van der Waals surface area (Å²) in [4.78, 5) is 27.9. The zero-order valence-electron chi connectivity index (χ0n) is 17.8. The molecular formula is C25H17N3O6. The molecule has 5 aromatic rings. The van der Waals surface area contributed by atoms with Gasteiger partial charge in [-0.05, 0) is 61.0 Å². The standard InChI is InChI=1S/C25H17N3O6/c1-14-6-9-22-18(12-14)27-25(34-22)17-13-15(7-8-20(17)29)26-24(30)23-11-10-21(33-23)16-4-2-3-5-19(16)28(31)32/h2-13,29H,1H3,(H,26,30). The molecule has 0 atom stereocenters. The molecule has 0 bridgehead atoms. The zero-order chi connectivity index (χ0) is 23.8. The van der Waals surface area contributed by atoms with Crippen LogP contribution in [0, 0.1) is 17.0 Å². The minimum atomic E-state index is -0.560. The molecule has 1 amide bonds. The summed E-state index contributed by atoms with van der Waals surface area (Å²) in [6, 6.07) is 19.1. The molecule has 2 aromatic heterocycles. The fourth-order valence-corrected chi connectivity index (χ4v) is 3.58. The monoisotopic (exact) mass is 455 g/mol. The fraction of sp³-hybridized carbons (Fsp3) is 0.0400. The van der Waals surface area contributed by atoms with E-state index in [1.165, 1.54) is 36.4 Å². The lowest BCUT2D eigenvalue weighted by Gasteiger charge is -2.06. The van der Waals surface area contributed by atoms with E-state index >= 15 is 0 Å². The highest BCUT2D eigenvalue weighted by Crippen LogP contribution is 2.34. The largest absolute Gasteiger partial charge is 0.507 e. The van der Waals surface area contributed by atoms with Gasteiger partial charge in [0, 0.05) is 11.8 Å². The molecule has 9 heteroatoms. The van der Waals surface area contributed by atoms with Crippen molar-refractivity contribution in [3.63, 3.8) is 0 Å². The quantitative estimate of drug-likeness (QED) is 0.191. The molecule has 2 N–H and O–H groups in total. The van der Waals surface area contributed by atoms with Crippen LogP contribution in [-0.2, 0) is 0 Å². The molecule has 34 heavy (non-hydrogen) atoms. The first kappa shape index (κ1) is 21.0. The van der Waals surface area contributed by atoms with E-state index in [0.717, 1.165) is 5.56 Å². The highest BCUT2D eigenvalue weighted by atomic mass is 16.6. The smallest absolute Gasteiger partial charge is 0.291 e. The van der Waals surface area contributed by atoms with Gasteiger partial charge in [0.15, 0.2) is 11.3 Å². The van der Waals surface area contributed by atoms with Gasteiger partial charge in [0.05, 0.1) is 16.1 Å². The van der Waals surface area contributed by atoms with Crippen LogP contribution in [0.25, 0.3) is 33.9 Å². The van der Waals surface area contributed by atoms with Crippen molar-refractivity contribution in [2.75, 3.05) is 5.32 Å². The third-order valence-corrected chi connectivity index (χ3v) is 5.22. The number of oxazole rings is 1. The summed E-state index contributed by atoms with van der Waals surface area (Å²) < 4.78 is 11.3. The number of para-hydroxylation sites is 1. The number of carbonyl (C=O) groups excluding carboxylic acids is 1. The topological polar surface area (TPSA) is 132 Å². The number of amides is 1. The number of hydrogen-bond donors (Lipinski definition) is 2. The molecule has 0 radical (unpaired) electrons. The summed E-state index contributed by atoms with van der Waals surface area (Å²) in [7, 11) is 0. The number of phenols is 1. The van der Waals surface area contributed by atoms with Crippen LogP contribution in [-0.4, -0.2) is 20.9 Å². The number of fused-ring (bicyclic) bond motifs is 1. The molecule has 9 nitrogen and oxygen atoms in total. The summed E-state index contributed by atoms with van der Waals surface area (Å²) >= 11 is 0. The molecule has 0 saturated carbocycles. The Morgan fingerprint density at radius 1 is 1.00 bits per heavy atom. The molecule has 0 spiro atoms. The van der Waals surface area contributed by atoms with Crippen molar-refractivity contribution in [3.05, 3.63) is 94.2 Å². The maximum atomic E-state index is 12.7. The van der Waals surface area contributed by atoms with Crippen LogP contribution in [0.5, 0.6) is 5.75 Å². The van der Waals surface area contributed by atoms with Crippen LogP contribution in [0.3, 0.4) is 0 Å². The number of nitro benzene ring substituents is 1. The highest BCUT2D eigenvalue weighted by Gasteiger charge is 2.20. The van der Waals surface area contributed by atoms with Crippen LogP contribution in [0.2, 0.25) is 0 Å². The lowest BCUT2D eigenvalue weighted by Crippen LogP contribution is -2.10. The minimum absolute atomic E-state index is 0.0277. The molecule has 0 aliphatic heterocycles. The number of furan rings is 1. The first-order valence-electron chi connectivity index (χ1n) is 10.2. The predicted octanol–water partition coefficient (Wildman–Crippen LogP) is 5.93. The molecule has 0 fully saturated rings. The van der Waals surface area contributed by atoms with Crippen LogP contribution >= 0.6 is 0 Å². The first-order chi connectivity index (χ1) is 16.4. The molecule has 0 aliphatic carbocycles. The predicted molar refractivity (Wildman–Crippen MR) is 125 cm³/mol. The van der Waals surface area contributed by atoms with Crippen molar-refractivity contribution in [1.82, 2.24) is 4.98 Å². The van der Waals surface area contributed by atoms with Gasteiger partial charge in [-0.2, -0.15) is 0 Å². The number of anilines is 1. The second kappa shape index (κ2) is 8.21. The number of nitrogens with one attached hydrogen (secondary N) is 1. The summed E-state index contributed by atoms with van der Waals surface area (Å²) in [5.74, 6) is -0.232. The van der Waals surface area contributed by atoms with Crippen LogP contribution in [0.1, 0.15) is 16.1 Å². The third-order valence-electron chi connectivity index (χ3n) is 5.22. The van der Waals surface area contributed by atoms with Crippen molar-refractivity contribution in [1.29, 1.82) is 0 Å². The number of rotatable bonds is 5. The number of aromatic nitrogens is 1. The molecule has 168 valence electrons. The van der Waals surface area contributed by atoms with Gasteiger partial charge in [0.1, 0.15) is 17.0 Å². The average molecular weight is 455 g/mol. The SMILES string of the molecule is Cc1ccc2oc(-c3cc(NC(=O)c4ccc(-c5ccccc5[N+](=O)[O-])o4)ccc3O)nc2c1. The number of aryl methyl sites for hydroxylation is 1. The Morgan fingerprint density at radius 2 is 1.82 bits per heavy atom. The van der Waals surface area contributed by atoms with E-state index in [-0.39, 0.29) is 34.4 Å². The Morgan fingerprint density at radius 3 is 2.65 bits per heavy atom. The number of aromatic hydroxyl groups is 1. The van der Waals surface area contributed by atoms with Crippen LogP contribution in [0.15, 0.2) is 81.6 Å². The van der Waals surface area contributed by atoms with Gasteiger partial charge >= 0.3 is 0 Å². The molecule has 5 rings (SSSR count). The molecule has 3 aromatic carbocycles. The van der Waals surface area contributed by atoms with E-state index in [2.05, 4.69) is 10.3 Å². The number of nitro groups is 1. The minimum Gasteiger partial charge on any atom is -0.507 e. The Hall–Kier alpha value is -4.92. The zero-order valence-corrected chi connectivity index (χ0v) is 17.8. The Balaban J connectivity index is 1.41. The van der Waals surface area contributed by atoms with Crippen molar-refractivity contribution in [3.8, 4) is 28.5 Å². The fourth-order valence-electron chi connectivity index (χ4n) is 3.58. The third kappa shape index (κ3) is 3.86. The normalized spacial score (nSPS) is 11.0. The maximum absolute atomic E-state index is 12.7. The molecule has 2 heterocycles.